The van der Waals surface area contributed by atoms with E-state index in [2.05, 4.69) is 47.0 Å². The van der Waals surface area contributed by atoms with Crippen molar-refractivity contribution in [2.75, 3.05) is 11.4 Å². The lowest BCUT2D eigenvalue weighted by molar-refractivity contribution is -0.416. The average molecular weight is 264 g/mol. The van der Waals surface area contributed by atoms with Crippen LogP contribution in [-0.2, 0) is 13.0 Å². The van der Waals surface area contributed by atoms with Crippen molar-refractivity contribution >= 4 is 5.69 Å². The highest BCUT2D eigenvalue weighted by atomic mass is 15.2. The molecule has 2 aromatic carbocycles. The molecule has 3 nitrogen and oxygen atoms in total. The van der Waals surface area contributed by atoms with Gasteiger partial charge in [-0.25, -0.2) is 0 Å². The molecule has 3 N–H and O–H groups in total. The van der Waals surface area contributed by atoms with Crippen LogP contribution in [0.1, 0.15) is 16.7 Å². The number of fused-ring (bicyclic) bond motifs is 1. The fourth-order valence-electron chi connectivity index (χ4n) is 2.87. The molecule has 100 valence electrons. The summed E-state index contributed by atoms with van der Waals surface area (Å²) in [5.41, 5.74) is 8.74. The highest BCUT2D eigenvalue weighted by molar-refractivity contribution is 5.59. The standard InChI is InChI=1S/C17H17N3/c18-10-14-6-7-17-15(8-14)9-16(19)12-20(17)11-13-4-2-1-3-5-13/h1-8,16H,9,11-12,19H2/p+1. The van der Waals surface area contributed by atoms with Gasteiger partial charge in [0.15, 0.2) is 0 Å². The third kappa shape index (κ3) is 2.52. The molecule has 0 aromatic heterocycles. The normalized spacial score (nSPS) is 17.4. The van der Waals surface area contributed by atoms with Gasteiger partial charge in [0.25, 0.3) is 0 Å². The molecule has 1 unspecified atom stereocenters. The minimum atomic E-state index is 0.375. The topological polar surface area (TPSA) is 54.7 Å². The molecule has 1 aliphatic heterocycles. The fraction of sp³-hybridized carbons (Fsp3) is 0.235. The van der Waals surface area contributed by atoms with E-state index in [1.54, 1.807) is 0 Å². The summed E-state index contributed by atoms with van der Waals surface area (Å²) in [7, 11) is 0. The second-order valence-corrected chi connectivity index (χ2v) is 5.39. The Morgan fingerprint density at radius 3 is 2.75 bits per heavy atom. The summed E-state index contributed by atoms with van der Waals surface area (Å²) in [6.45, 7) is 1.86. The van der Waals surface area contributed by atoms with E-state index in [-0.39, 0.29) is 0 Å². The predicted molar refractivity (Wildman–Crippen MR) is 79.0 cm³/mol. The van der Waals surface area contributed by atoms with Gasteiger partial charge in [-0.05, 0) is 29.3 Å². The van der Waals surface area contributed by atoms with Crippen LogP contribution in [0, 0.1) is 11.3 Å². The zero-order valence-corrected chi connectivity index (χ0v) is 11.4. The average Bonchev–Trinajstić information content (AvgIpc) is 2.47. The van der Waals surface area contributed by atoms with Crippen molar-refractivity contribution in [3.05, 3.63) is 65.2 Å². The molecule has 0 radical (unpaired) electrons. The number of anilines is 1. The third-order valence-electron chi connectivity index (χ3n) is 3.75. The number of quaternary nitrogens is 1. The zero-order valence-electron chi connectivity index (χ0n) is 11.4. The first kappa shape index (κ1) is 12.7. The van der Waals surface area contributed by atoms with Gasteiger partial charge in [0.1, 0.15) is 6.04 Å². The SMILES string of the molecule is N#Cc1ccc2c(c1)CC([NH3+])CN2Cc1ccccc1. The smallest absolute Gasteiger partial charge is 0.106 e. The van der Waals surface area contributed by atoms with Crippen molar-refractivity contribution in [3.63, 3.8) is 0 Å². The fourth-order valence-corrected chi connectivity index (χ4v) is 2.87. The number of rotatable bonds is 2. The second-order valence-electron chi connectivity index (χ2n) is 5.39. The van der Waals surface area contributed by atoms with E-state index in [0.29, 0.717) is 6.04 Å². The van der Waals surface area contributed by atoms with Crippen molar-refractivity contribution < 1.29 is 5.73 Å². The van der Waals surface area contributed by atoms with Crippen molar-refractivity contribution in [2.45, 2.75) is 19.0 Å². The van der Waals surface area contributed by atoms with Gasteiger partial charge in [0, 0.05) is 18.7 Å². The van der Waals surface area contributed by atoms with Crippen LogP contribution in [0.2, 0.25) is 0 Å². The van der Waals surface area contributed by atoms with Crippen LogP contribution >= 0.6 is 0 Å². The summed E-state index contributed by atoms with van der Waals surface area (Å²) in [5.74, 6) is 0. The maximum atomic E-state index is 9.03. The van der Waals surface area contributed by atoms with E-state index >= 15 is 0 Å². The predicted octanol–water partition coefficient (Wildman–Crippen LogP) is 1.73. The van der Waals surface area contributed by atoms with Crippen LogP contribution in [0.4, 0.5) is 5.69 Å². The molecule has 1 atom stereocenters. The van der Waals surface area contributed by atoms with E-state index in [0.717, 1.165) is 25.1 Å². The maximum Gasteiger partial charge on any atom is 0.106 e. The van der Waals surface area contributed by atoms with Crippen LogP contribution in [0.15, 0.2) is 48.5 Å². The third-order valence-corrected chi connectivity index (χ3v) is 3.75. The van der Waals surface area contributed by atoms with Gasteiger partial charge in [-0.1, -0.05) is 30.3 Å². The minimum Gasteiger partial charge on any atom is -0.361 e. The summed E-state index contributed by atoms with van der Waals surface area (Å²) >= 11 is 0. The zero-order chi connectivity index (χ0) is 13.9. The van der Waals surface area contributed by atoms with Crippen LogP contribution in [0.3, 0.4) is 0 Å². The van der Waals surface area contributed by atoms with E-state index in [4.69, 9.17) is 5.26 Å². The quantitative estimate of drug-likeness (QED) is 0.898. The first-order valence-electron chi connectivity index (χ1n) is 6.91. The Morgan fingerprint density at radius 2 is 2.00 bits per heavy atom. The van der Waals surface area contributed by atoms with Gasteiger partial charge in [-0.3, -0.25) is 0 Å². The van der Waals surface area contributed by atoms with Crippen LogP contribution in [-0.4, -0.2) is 12.6 Å². The second kappa shape index (κ2) is 5.36. The number of nitriles is 1. The molecule has 1 heterocycles. The number of nitrogens with zero attached hydrogens (tertiary/aromatic N) is 2. The molecule has 0 spiro atoms. The molecular formula is C17H18N3+. The molecule has 3 heteroatoms. The molecule has 0 saturated carbocycles. The monoisotopic (exact) mass is 264 g/mol. The van der Waals surface area contributed by atoms with E-state index in [1.807, 2.05) is 18.2 Å². The molecule has 0 amide bonds. The Morgan fingerprint density at radius 1 is 1.20 bits per heavy atom. The summed E-state index contributed by atoms with van der Waals surface area (Å²) in [4.78, 5) is 2.37. The van der Waals surface area contributed by atoms with E-state index in [9.17, 15) is 0 Å². The summed E-state index contributed by atoms with van der Waals surface area (Å²) < 4.78 is 0. The minimum absolute atomic E-state index is 0.375. The highest BCUT2D eigenvalue weighted by Crippen LogP contribution is 2.28. The Balaban J connectivity index is 1.92. The van der Waals surface area contributed by atoms with Crippen molar-refractivity contribution in [1.29, 1.82) is 5.26 Å². The van der Waals surface area contributed by atoms with Crippen molar-refractivity contribution in [2.24, 2.45) is 0 Å². The van der Waals surface area contributed by atoms with Gasteiger partial charge in [0.05, 0.1) is 18.2 Å². The van der Waals surface area contributed by atoms with E-state index in [1.165, 1.54) is 16.8 Å². The molecule has 1 aliphatic rings. The summed E-state index contributed by atoms with van der Waals surface area (Å²) in [6.07, 6.45) is 0.955. The lowest BCUT2D eigenvalue weighted by Gasteiger charge is -2.33. The molecule has 2 aromatic rings. The Bertz CT molecular complexity index is 643. The van der Waals surface area contributed by atoms with Gasteiger partial charge < -0.3 is 10.6 Å². The molecular weight excluding hydrogens is 246 g/mol. The number of benzene rings is 2. The summed E-state index contributed by atoms with van der Waals surface area (Å²) in [6, 6.07) is 19.0. The Kier molecular flexibility index (Phi) is 3.41. The van der Waals surface area contributed by atoms with Gasteiger partial charge in [0.2, 0.25) is 0 Å². The summed E-state index contributed by atoms with van der Waals surface area (Å²) in [5, 5.41) is 9.03. The first-order chi connectivity index (χ1) is 9.76. The lowest BCUT2D eigenvalue weighted by atomic mass is 9.96. The Hall–Kier alpha value is -2.31. The van der Waals surface area contributed by atoms with Gasteiger partial charge in [-0.2, -0.15) is 5.26 Å². The largest absolute Gasteiger partial charge is 0.361 e. The Labute approximate surface area is 119 Å². The molecule has 3 rings (SSSR count). The lowest BCUT2D eigenvalue weighted by Crippen LogP contribution is -2.67. The number of hydrogen-bond acceptors (Lipinski definition) is 2. The first-order valence-corrected chi connectivity index (χ1v) is 6.91. The maximum absolute atomic E-state index is 9.03. The molecule has 0 aliphatic carbocycles. The molecule has 20 heavy (non-hydrogen) atoms. The van der Waals surface area contributed by atoms with Crippen molar-refractivity contribution in [3.8, 4) is 6.07 Å². The molecule has 0 bridgehead atoms. The molecule has 0 fully saturated rings. The van der Waals surface area contributed by atoms with Crippen LogP contribution in [0.5, 0.6) is 0 Å². The number of hydrogen-bond donors (Lipinski definition) is 1. The van der Waals surface area contributed by atoms with Crippen molar-refractivity contribution in [1.82, 2.24) is 0 Å². The van der Waals surface area contributed by atoms with Crippen LogP contribution in [0.25, 0.3) is 0 Å². The van der Waals surface area contributed by atoms with Gasteiger partial charge >= 0.3 is 0 Å². The highest BCUT2D eigenvalue weighted by Gasteiger charge is 2.24. The van der Waals surface area contributed by atoms with Crippen LogP contribution < -0.4 is 10.6 Å². The molecule has 0 saturated heterocycles. The van der Waals surface area contributed by atoms with E-state index < -0.39 is 0 Å². The van der Waals surface area contributed by atoms with Gasteiger partial charge in [-0.15, -0.1) is 0 Å².